The molecule has 1 heterocycles. The van der Waals surface area contributed by atoms with Gasteiger partial charge in [-0.25, -0.2) is 0 Å². The molecule has 3 aromatic rings. The van der Waals surface area contributed by atoms with Gasteiger partial charge in [-0.05, 0) is 29.0 Å². The lowest BCUT2D eigenvalue weighted by Gasteiger charge is -2.07. The van der Waals surface area contributed by atoms with Gasteiger partial charge in [-0.3, -0.25) is 10.1 Å². The fraction of sp³-hybridized carbons (Fsp3) is 0.188. The van der Waals surface area contributed by atoms with E-state index in [4.69, 9.17) is 9.47 Å². The summed E-state index contributed by atoms with van der Waals surface area (Å²) in [4.78, 5) is 11.4. The molecule has 0 amide bonds. The summed E-state index contributed by atoms with van der Waals surface area (Å²) in [5, 5.41) is 42.1. The molecule has 0 radical (unpaired) electrons. The number of ether oxygens (including phenoxy) is 2. The molecule has 0 aliphatic carbocycles. The number of tetrazole rings is 1. The first-order valence-corrected chi connectivity index (χ1v) is 7.61. The highest BCUT2D eigenvalue weighted by molar-refractivity contribution is 5.67. The summed E-state index contributed by atoms with van der Waals surface area (Å²) >= 11 is 0. The van der Waals surface area contributed by atoms with Crippen molar-refractivity contribution in [2.45, 2.75) is 6.54 Å². The third-order valence-electron chi connectivity index (χ3n) is 3.71. The molecule has 0 aliphatic rings. The Kier molecular flexibility index (Phi) is 4.75. The molecular formula is C16H15N5O6. The molecule has 0 spiro atoms. The lowest BCUT2D eigenvalue weighted by atomic mass is 10.1. The summed E-state index contributed by atoms with van der Waals surface area (Å²) < 4.78 is 10.4. The largest absolute Gasteiger partial charge is 0.504 e. The molecule has 2 N–H and O–H groups in total. The zero-order valence-electron chi connectivity index (χ0n) is 14.4. The number of nitrogens with zero attached hydrogens (tertiary/aromatic N) is 5. The van der Waals surface area contributed by atoms with Gasteiger partial charge in [0.15, 0.2) is 5.75 Å². The molecule has 0 unspecified atom stereocenters. The number of phenols is 2. The lowest BCUT2D eigenvalue weighted by molar-refractivity contribution is -0.385. The summed E-state index contributed by atoms with van der Waals surface area (Å²) in [6.45, 7) is 0.243. The number of benzene rings is 2. The maximum atomic E-state index is 11.0. The minimum atomic E-state index is -0.820. The topological polar surface area (TPSA) is 146 Å². The molecule has 0 bridgehead atoms. The van der Waals surface area contributed by atoms with E-state index in [0.29, 0.717) is 11.5 Å². The van der Waals surface area contributed by atoms with Crippen LogP contribution in [0.4, 0.5) is 5.69 Å². The highest BCUT2D eigenvalue weighted by Crippen LogP contribution is 2.38. The second-order valence-electron chi connectivity index (χ2n) is 5.48. The van der Waals surface area contributed by atoms with E-state index in [0.717, 1.165) is 17.7 Å². The summed E-state index contributed by atoms with van der Waals surface area (Å²) in [6, 6.07) is 7.47. The zero-order chi connectivity index (χ0) is 19.6. The van der Waals surface area contributed by atoms with Crippen LogP contribution in [0.25, 0.3) is 11.4 Å². The molecule has 2 aromatic carbocycles. The Hall–Kier alpha value is -3.89. The average Bonchev–Trinajstić information content (AvgIpc) is 3.11. The fourth-order valence-electron chi connectivity index (χ4n) is 2.42. The third-order valence-corrected chi connectivity index (χ3v) is 3.71. The predicted molar refractivity (Wildman–Crippen MR) is 91.9 cm³/mol. The van der Waals surface area contributed by atoms with Gasteiger partial charge >= 0.3 is 5.69 Å². The SMILES string of the molecule is COc1cc(Cn2nnc(-c3cc(O)c(O)c([N+](=O)[O-])c3)n2)cc(OC)c1. The van der Waals surface area contributed by atoms with Crippen molar-refractivity contribution in [2.75, 3.05) is 14.2 Å². The van der Waals surface area contributed by atoms with E-state index < -0.39 is 22.1 Å². The number of aromatic hydroxyl groups is 2. The van der Waals surface area contributed by atoms with Crippen LogP contribution in [-0.2, 0) is 6.54 Å². The number of phenolic OH excluding ortho intramolecular Hbond substituents is 2. The Labute approximate surface area is 152 Å². The monoisotopic (exact) mass is 373 g/mol. The van der Waals surface area contributed by atoms with Crippen molar-refractivity contribution >= 4 is 5.69 Å². The highest BCUT2D eigenvalue weighted by Gasteiger charge is 2.21. The van der Waals surface area contributed by atoms with Crippen LogP contribution in [0.3, 0.4) is 0 Å². The standard InChI is InChI=1S/C16H15N5O6/c1-26-11-3-9(4-12(7-11)27-2)8-20-18-16(17-19-20)10-5-13(21(24)25)15(23)14(22)6-10/h3-7,22-23H,8H2,1-2H3. The molecule has 3 rings (SSSR count). The van der Waals surface area contributed by atoms with Gasteiger partial charge < -0.3 is 19.7 Å². The van der Waals surface area contributed by atoms with Crippen molar-refractivity contribution in [3.8, 4) is 34.4 Å². The van der Waals surface area contributed by atoms with Gasteiger partial charge in [0, 0.05) is 17.7 Å². The Bertz CT molecular complexity index is 981. The van der Waals surface area contributed by atoms with Crippen LogP contribution in [-0.4, -0.2) is 49.6 Å². The van der Waals surface area contributed by atoms with Crippen molar-refractivity contribution in [2.24, 2.45) is 0 Å². The maximum Gasteiger partial charge on any atom is 0.315 e. The Morgan fingerprint density at radius 1 is 1.11 bits per heavy atom. The Balaban J connectivity index is 1.91. The molecule has 0 aliphatic heterocycles. The molecule has 0 atom stereocenters. The summed E-state index contributed by atoms with van der Waals surface area (Å²) in [7, 11) is 3.07. The maximum absolute atomic E-state index is 11.0. The minimum Gasteiger partial charge on any atom is -0.504 e. The number of hydrogen-bond acceptors (Lipinski definition) is 9. The lowest BCUT2D eigenvalue weighted by Crippen LogP contribution is -2.04. The van der Waals surface area contributed by atoms with E-state index in [1.54, 1.807) is 18.2 Å². The van der Waals surface area contributed by atoms with Crippen molar-refractivity contribution in [3.05, 3.63) is 46.0 Å². The molecule has 0 saturated carbocycles. The van der Waals surface area contributed by atoms with Crippen LogP contribution in [0.1, 0.15) is 5.56 Å². The Morgan fingerprint density at radius 2 is 1.78 bits per heavy atom. The third kappa shape index (κ3) is 3.71. The van der Waals surface area contributed by atoms with Crippen LogP contribution < -0.4 is 9.47 Å². The average molecular weight is 373 g/mol. The van der Waals surface area contributed by atoms with Crippen LogP contribution in [0.15, 0.2) is 30.3 Å². The zero-order valence-corrected chi connectivity index (χ0v) is 14.4. The van der Waals surface area contributed by atoms with Crippen molar-refractivity contribution in [3.63, 3.8) is 0 Å². The van der Waals surface area contributed by atoms with Crippen molar-refractivity contribution in [1.82, 2.24) is 20.2 Å². The molecule has 27 heavy (non-hydrogen) atoms. The van der Waals surface area contributed by atoms with Gasteiger partial charge in [0.1, 0.15) is 11.5 Å². The van der Waals surface area contributed by atoms with Crippen LogP contribution >= 0.6 is 0 Å². The quantitative estimate of drug-likeness (QED) is 0.374. The van der Waals surface area contributed by atoms with E-state index in [1.165, 1.54) is 19.0 Å². The molecule has 0 saturated heterocycles. The molecular weight excluding hydrogens is 358 g/mol. The number of hydrogen-bond donors (Lipinski definition) is 2. The summed E-state index contributed by atoms with van der Waals surface area (Å²) in [5.41, 5.74) is 0.278. The number of nitro benzene ring substituents is 1. The summed E-state index contributed by atoms with van der Waals surface area (Å²) in [6.07, 6.45) is 0. The molecule has 11 nitrogen and oxygen atoms in total. The van der Waals surface area contributed by atoms with Gasteiger partial charge in [-0.15, -0.1) is 10.2 Å². The van der Waals surface area contributed by atoms with Gasteiger partial charge in [-0.2, -0.15) is 4.80 Å². The summed E-state index contributed by atoms with van der Waals surface area (Å²) in [5.74, 6) is -0.205. The fourth-order valence-corrected chi connectivity index (χ4v) is 2.42. The van der Waals surface area contributed by atoms with Gasteiger partial charge in [0.25, 0.3) is 0 Å². The van der Waals surface area contributed by atoms with E-state index in [2.05, 4.69) is 15.4 Å². The van der Waals surface area contributed by atoms with Crippen molar-refractivity contribution < 1.29 is 24.6 Å². The minimum absolute atomic E-state index is 0.0586. The van der Waals surface area contributed by atoms with Gasteiger partial charge in [0.05, 0.1) is 25.7 Å². The Morgan fingerprint density at radius 3 is 2.37 bits per heavy atom. The van der Waals surface area contributed by atoms with E-state index in [9.17, 15) is 20.3 Å². The van der Waals surface area contributed by atoms with Crippen LogP contribution in [0.5, 0.6) is 23.0 Å². The number of methoxy groups -OCH3 is 2. The smallest absolute Gasteiger partial charge is 0.315 e. The van der Waals surface area contributed by atoms with Crippen LogP contribution in [0, 0.1) is 10.1 Å². The molecule has 11 heteroatoms. The number of nitro groups is 1. The van der Waals surface area contributed by atoms with Gasteiger partial charge in [-0.1, -0.05) is 0 Å². The molecule has 140 valence electrons. The second-order valence-corrected chi connectivity index (χ2v) is 5.48. The van der Waals surface area contributed by atoms with E-state index >= 15 is 0 Å². The normalized spacial score (nSPS) is 10.6. The van der Waals surface area contributed by atoms with E-state index in [-0.39, 0.29) is 17.9 Å². The second kappa shape index (κ2) is 7.15. The van der Waals surface area contributed by atoms with Gasteiger partial charge in [0.2, 0.25) is 11.6 Å². The van der Waals surface area contributed by atoms with Crippen molar-refractivity contribution in [1.29, 1.82) is 0 Å². The number of aromatic nitrogens is 4. The predicted octanol–water partition coefficient (Wildman–Crippen LogP) is 1.72. The first-order valence-electron chi connectivity index (χ1n) is 7.61. The molecule has 0 fully saturated rings. The highest BCUT2D eigenvalue weighted by atomic mass is 16.6. The van der Waals surface area contributed by atoms with Crippen LogP contribution in [0.2, 0.25) is 0 Å². The number of rotatable bonds is 6. The first kappa shape index (κ1) is 17.9. The molecule has 1 aromatic heterocycles. The first-order chi connectivity index (χ1) is 12.9. The van der Waals surface area contributed by atoms with E-state index in [1.807, 2.05) is 0 Å².